The molecule has 0 unspecified atom stereocenters. The molecule has 3 nitrogen and oxygen atoms in total. The van der Waals surface area contributed by atoms with Gasteiger partial charge in [0.05, 0.1) is 11.4 Å². The molecule has 0 spiro atoms. The molecule has 0 radical (unpaired) electrons. The third kappa shape index (κ3) is 3.56. The van der Waals surface area contributed by atoms with Crippen LogP contribution in [-0.4, -0.2) is 9.36 Å². The first-order chi connectivity index (χ1) is 18.8. The van der Waals surface area contributed by atoms with Gasteiger partial charge in [-0.05, 0) is 66.1 Å². The van der Waals surface area contributed by atoms with E-state index in [-0.39, 0.29) is 0 Å². The van der Waals surface area contributed by atoms with E-state index >= 15 is 0 Å². The van der Waals surface area contributed by atoms with E-state index < -0.39 is 0 Å². The highest BCUT2D eigenvalue weighted by Crippen LogP contribution is 2.51. The average molecular weight is 542 g/mol. The number of aromatic nitrogens is 2. The first-order valence-corrected chi connectivity index (χ1v) is 14.7. The third-order valence-electron chi connectivity index (χ3n) is 6.84. The molecule has 0 amide bonds. The van der Waals surface area contributed by atoms with Crippen molar-refractivity contribution in [3.8, 4) is 22.0 Å². The summed E-state index contributed by atoms with van der Waals surface area (Å²) in [7, 11) is 0. The largest absolute Gasteiger partial charge is 0.308 e. The number of nitrogens with zero attached hydrogens (tertiary/aromatic N) is 3. The summed E-state index contributed by atoms with van der Waals surface area (Å²) in [6, 6.07) is 41.0. The summed E-state index contributed by atoms with van der Waals surface area (Å²) in [5, 5.41) is 3.52. The molecule has 5 aromatic carbocycles. The molecular formula is C32H19N3S3. The molecule has 0 saturated heterocycles. The van der Waals surface area contributed by atoms with Crippen molar-refractivity contribution in [2.45, 2.75) is 9.79 Å². The number of rotatable bonds is 3. The van der Waals surface area contributed by atoms with Crippen molar-refractivity contribution in [2.24, 2.45) is 0 Å². The second-order valence-electron chi connectivity index (χ2n) is 9.16. The monoisotopic (exact) mass is 541 g/mol. The smallest absolute Gasteiger partial charge is 0.173 e. The van der Waals surface area contributed by atoms with Gasteiger partial charge in [0.1, 0.15) is 5.01 Å². The van der Waals surface area contributed by atoms with Gasteiger partial charge in [0, 0.05) is 46.8 Å². The van der Waals surface area contributed by atoms with Crippen molar-refractivity contribution in [3.63, 3.8) is 0 Å². The van der Waals surface area contributed by atoms with Gasteiger partial charge in [-0.3, -0.25) is 0 Å². The van der Waals surface area contributed by atoms with Crippen LogP contribution in [0.25, 0.3) is 42.1 Å². The normalized spacial score (nSPS) is 12.6. The van der Waals surface area contributed by atoms with Crippen molar-refractivity contribution in [2.75, 3.05) is 4.90 Å². The Morgan fingerprint density at radius 1 is 0.579 bits per heavy atom. The topological polar surface area (TPSA) is 29.0 Å². The van der Waals surface area contributed by atoms with Crippen LogP contribution < -0.4 is 4.90 Å². The van der Waals surface area contributed by atoms with Gasteiger partial charge in [0.2, 0.25) is 0 Å². The van der Waals surface area contributed by atoms with E-state index in [9.17, 15) is 0 Å². The van der Waals surface area contributed by atoms with Crippen molar-refractivity contribution in [1.29, 1.82) is 0 Å². The minimum atomic E-state index is 0.759. The van der Waals surface area contributed by atoms with E-state index in [0.717, 1.165) is 27.6 Å². The number of anilines is 3. The third-order valence-corrected chi connectivity index (χ3v) is 9.89. The zero-order valence-electron chi connectivity index (χ0n) is 20.0. The van der Waals surface area contributed by atoms with Gasteiger partial charge in [-0.2, -0.15) is 4.37 Å². The van der Waals surface area contributed by atoms with Crippen LogP contribution in [0.15, 0.2) is 125 Å². The summed E-state index contributed by atoms with van der Waals surface area (Å²) in [4.78, 5) is 9.83. The number of hydrogen-bond acceptors (Lipinski definition) is 6. The predicted molar refractivity (Wildman–Crippen MR) is 162 cm³/mol. The summed E-state index contributed by atoms with van der Waals surface area (Å²) in [6.45, 7) is 0. The number of para-hydroxylation sites is 2. The highest BCUT2D eigenvalue weighted by atomic mass is 32.2. The molecule has 180 valence electrons. The summed E-state index contributed by atoms with van der Waals surface area (Å²) >= 11 is 5.11. The number of fused-ring (bicyclic) bond motifs is 5. The molecule has 0 aliphatic carbocycles. The van der Waals surface area contributed by atoms with Crippen LogP contribution in [0.4, 0.5) is 17.1 Å². The van der Waals surface area contributed by atoms with E-state index in [4.69, 9.17) is 9.36 Å². The Balaban J connectivity index is 1.20. The average Bonchev–Trinajstić information content (AvgIpc) is 3.61. The molecule has 2 aromatic heterocycles. The SMILES string of the molecule is c1cc(-c2nsc(-c3ccc4sc5ccccc5c4c3)n2)cc(N2c3ccccc3Sc3ccccc32)c1. The molecule has 0 bridgehead atoms. The van der Waals surface area contributed by atoms with Gasteiger partial charge in [-0.25, -0.2) is 4.98 Å². The Bertz CT molecular complexity index is 1940. The van der Waals surface area contributed by atoms with Crippen LogP contribution in [0.1, 0.15) is 0 Å². The molecule has 0 N–H and O–H groups in total. The zero-order chi connectivity index (χ0) is 25.1. The first kappa shape index (κ1) is 22.1. The van der Waals surface area contributed by atoms with E-state index in [1.165, 1.54) is 52.9 Å². The fourth-order valence-electron chi connectivity index (χ4n) is 5.08. The van der Waals surface area contributed by atoms with Crippen molar-refractivity contribution >= 4 is 71.9 Å². The Hall–Kier alpha value is -3.97. The van der Waals surface area contributed by atoms with Gasteiger partial charge in [-0.15, -0.1) is 11.3 Å². The fourth-order valence-corrected chi connectivity index (χ4v) is 7.91. The minimum Gasteiger partial charge on any atom is -0.308 e. The lowest BCUT2D eigenvalue weighted by Gasteiger charge is -2.32. The maximum absolute atomic E-state index is 4.99. The van der Waals surface area contributed by atoms with E-state index in [2.05, 4.69) is 120 Å². The number of thiophene rings is 1. The van der Waals surface area contributed by atoms with Gasteiger partial charge in [-0.1, -0.05) is 72.4 Å². The molecule has 1 aliphatic heterocycles. The highest BCUT2D eigenvalue weighted by molar-refractivity contribution is 7.99. The lowest BCUT2D eigenvalue weighted by atomic mass is 10.1. The lowest BCUT2D eigenvalue weighted by Crippen LogP contribution is -2.14. The number of benzene rings is 5. The van der Waals surface area contributed by atoms with Crippen LogP contribution in [0, 0.1) is 0 Å². The summed E-state index contributed by atoms with van der Waals surface area (Å²) in [5.74, 6) is 0.759. The Kier molecular flexibility index (Phi) is 5.11. The van der Waals surface area contributed by atoms with Crippen LogP contribution >= 0.6 is 34.6 Å². The molecule has 7 aromatic rings. The second-order valence-corrected chi connectivity index (χ2v) is 12.1. The summed E-state index contributed by atoms with van der Waals surface area (Å²) in [5.41, 5.74) is 5.61. The van der Waals surface area contributed by atoms with Crippen LogP contribution in [0.5, 0.6) is 0 Å². The summed E-state index contributed by atoms with van der Waals surface area (Å²) in [6.07, 6.45) is 0. The minimum absolute atomic E-state index is 0.759. The Morgan fingerprint density at radius 3 is 2.16 bits per heavy atom. The van der Waals surface area contributed by atoms with Crippen LogP contribution in [0.2, 0.25) is 0 Å². The zero-order valence-corrected chi connectivity index (χ0v) is 22.5. The molecule has 38 heavy (non-hydrogen) atoms. The molecule has 0 atom stereocenters. The maximum Gasteiger partial charge on any atom is 0.173 e. The van der Waals surface area contributed by atoms with Crippen molar-refractivity contribution < 1.29 is 0 Å². The van der Waals surface area contributed by atoms with Crippen LogP contribution in [0.3, 0.4) is 0 Å². The van der Waals surface area contributed by atoms with Crippen LogP contribution in [-0.2, 0) is 0 Å². The van der Waals surface area contributed by atoms with Crippen molar-refractivity contribution in [1.82, 2.24) is 9.36 Å². The van der Waals surface area contributed by atoms with Gasteiger partial charge in [0.15, 0.2) is 5.82 Å². The number of hydrogen-bond donors (Lipinski definition) is 0. The fraction of sp³-hybridized carbons (Fsp3) is 0. The van der Waals surface area contributed by atoms with Gasteiger partial charge < -0.3 is 4.90 Å². The van der Waals surface area contributed by atoms with Gasteiger partial charge in [0.25, 0.3) is 0 Å². The molecule has 0 fully saturated rings. The van der Waals surface area contributed by atoms with E-state index in [0.29, 0.717) is 0 Å². The molecule has 1 aliphatic rings. The van der Waals surface area contributed by atoms with E-state index in [1.807, 2.05) is 23.1 Å². The molecule has 3 heterocycles. The predicted octanol–water partition coefficient (Wildman–Crippen LogP) is 10.2. The quantitative estimate of drug-likeness (QED) is 0.222. The van der Waals surface area contributed by atoms with Crippen molar-refractivity contribution in [3.05, 3.63) is 115 Å². The first-order valence-electron chi connectivity index (χ1n) is 12.3. The molecule has 6 heteroatoms. The second kappa shape index (κ2) is 8.81. The Morgan fingerprint density at radius 2 is 1.32 bits per heavy atom. The maximum atomic E-state index is 4.99. The Labute approximate surface area is 232 Å². The summed E-state index contributed by atoms with van der Waals surface area (Å²) < 4.78 is 7.39. The lowest BCUT2D eigenvalue weighted by molar-refractivity contribution is 1.16. The highest BCUT2D eigenvalue weighted by Gasteiger charge is 2.24. The standard InChI is InChI=1S/C32H19N3S3/c1-4-13-27-23(10-1)24-19-21(16-17-28(24)36-27)32-33-31(34-38-32)20-8-7-9-22(18-20)35-25-11-2-5-14-29(25)37-30-15-6-3-12-26(30)35/h1-19H. The molecular weight excluding hydrogens is 523 g/mol. The van der Waals surface area contributed by atoms with Gasteiger partial charge >= 0.3 is 0 Å². The van der Waals surface area contributed by atoms with E-state index in [1.54, 1.807) is 0 Å². The molecule has 8 rings (SSSR count). The molecule has 0 saturated carbocycles.